The third-order valence-corrected chi connectivity index (χ3v) is 4.64. The first-order chi connectivity index (χ1) is 9.59. The lowest BCUT2D eigenvalue weighted by molar-refractivity contribution is -0.132. The van der Waals surface area contributed by atoms with Crippen LogP contribution in [0.3, 0.4) is 0 Å². The molecule has 0 aromatic heterocycles. The monoisotopic (exact) mass is 307 g/mol. The van der Waals surface area contributed by atoms with Gasteiger partial charge < -0.3 is 5.11 Å². The standard InChI is InChI=1S/C15H17NO2S2/c1-11(14(18)16-9-10-20-15(16)19)13(17)8-7-12-5-3-2-4-6-12/h2-8,11,13,17H,9-10H2,1H3/b8-7+/t11-,13+/m1/s1. The van der Waals surface area contributed by atoms with E-state index >= 15 is 0 Å². The predicted octanol–water partition coefficient (Wildman–Crippen LogP) is 2.56. The van der Waals surface area contributed by atoms with Crippen molar-refractivity contribution in [3.8, 4) is 0 Å². The van der Waals surface area contributed by atoms with Crippen LogP contribution in [-0.4, -0.2) is 38.6 Å². The van der Waals surface area contributed by atoms with Crippen molar-refractivity contribution in [2.75, 3.05) is 12.3 Å². The number of thioether (sulfide) groups is 1. The quantitative estimate of drug-likeness (QED) is 0.868. The summed E-state index contributed by atoms with van der Waals surface area (Å²) in [5.41, 5.74) is 0.999. The lowest BCUT2D eigenvalue weighted by Gasteiger charge is -2.21. The molecule has 1 aromatic rings. The molecule has 1 aliphatic rings. The molecule has 2 rings (SSSR count). The van der Waals surface area contributed by atoms with Crippen LogP contribution >= 0.6 is 24.0 Å². The molecule has 0 radical (unpaired) electrons. The molecule has 0 saturated carbocycles. The van der Waals surface area contributed by atoms with Gasteiger partial charge in [0.25, 0.3) is 0 Å². The Morgan fingerprint density at radius 1 is 1.45 bits per heavy atom. The number of benzene rings is 1. The van der Waals surface area contributed by atoms with Crippen LogP contribution in [0.5, 0.6) is 0 Å². The Hall–Kier alpha value is -1.17. The number of rotatable bonds is 4. The summed E-state index contributed by atoms with van der Waals surface area (Å²) in [6.07, 6.45) is 2.67. The second-order valence-electron chi connectivity index (χ2n) is 4.65. The number of carbonyl (C=O) groups is 1. The highest BCUT2D eigenvalue weighted by molar-refractivity contribution is 8.23. The number of thiocarbonyl (C=S) groups is 1. The molecule has 3 nitrogen and oxygen atoms in total. The van der Waals surface area contributed by atoms with E-state index in [0.717, 1.165) is 11.3 Å². The zero-order valence-corrected chi connectivity index (χ0v) is 12.9. The van der Waals surface area contributed by atoms with Gasteiger partial charge in [0, 0.05) is 12.3 Å². The third-order valence-electron chi connectivity index (χ3n) is 3.21. The highest BCUT2D eigenvalue weighted by Crippen LogP contribution is 2.21. The van der Waals surface area contributed by atoms with Gasteiger partial charge in [-0.05, 0) is 5.56 Å². The van der Waals surface area contributed by atoms with Gasteiger partial charge in [-0.2, -0.15) is 0 Å². The normalized spacial score (nSPS) is 18.5. The summed E-state index contributed by atoms with van der Waals surface area (Å²) in [6.45, 7) is 2.37. The van der Waals surface area contributed by atoms with Crippen molar-refractivity contribution in [3.63, 3.8) is 0 Å². The van der Waals surface area contributed by atoms with E-state index in [4.69, 9.17) is 12.2 Å². The Bertz CT molecular complexity index is 516. The van der Waals surface area contributed by atoms with Crippen molar-refractivity contribution in [1.82, 2.24) is 4.90 Å². The van der Waals surface area contributed by atoms with Crippen molar-refractivity contribution in [1.29, 1.82) is 0 Å². The number of hydrogen-bond acceptors (Lipinski definition) is 4. The molecule has 1 fully saturated rings. The Labute approximate surface area is 128 Å². The number of nitrogens with zero attached hydrogens (tertiary/aromatic N) is 1. The van der Waals surface area contributed by atoms with Crippen LogP contribution in [0.4, 0.5) is 0 Å². The molecule has 1 aliphatic heterocycles. The van der Waals surface area contributed by atoms with E-state index in [1.54, 1.807) is 17.9 Å². The average Bonchev–Trinajstić information content (AvgIpc) is 2.90. The van der Waals surface area contributed by atoms with Crippen molar-refractivity contribution < 1.29 is 9.90 Å². The molecule has 1 amide bonds. The SMILES string of the molecule is C[C@@H](C(=O)N1CCSC1=S)[C@@H](O)/C=C/c1ccccc1. The smallest absolute Gasteiger partial charge is 0.233 e. The summed E-state index contributed by atoms with van der Waals surface area (Å²) in [4.78, 5) is 13.8. The van der Waals surface area contributed by atoms with Crippen LogP contribution in [0.2, 0.25) is 0 Å². The van der Waals surface area contributed by atoms with Gasteiger partial charge in [-0.3, -0.25) is 9.69 Å². The highest BCUT2D eigenvalue weighted by Gasteiger charge is 2.30. The Balaban J connectivity index is 1.98. The van der Waals surface area contributed by atoms with Gasteiger partial charge in [0.05, 0.1) is 12.0 Å². The number of aliphatic hydroxyl groups excluding tert-OH is 1. The first-order valence-electron chi connectivity index (χ1n) is 6.49. The maximum atomic E-state index is 12.2. The summed E-state index contributed by atoms with van der Waals surface area (Å²) in [5.74, 6) is 0.240. The summed E-state index contributed by atoms with van der Waals surface area (Å²) in [5, 5.41) is 10.1. The summed E-state index contributed by atoms with van der Waals surface area (Å²) >= 11 is 6.64. The molecular weight excluding hydrogens is 290 g/mol. The molecule has 1 saturated heterocycles. The molecule has 106 valence electrons. The molecule has 1 N–H and O–H groups in total. The molecule has 0 unspecified atom stereocenters. The lowest BCUT2D eigenvalue weighted by atomic mass is 10.0. The van der Waals surface area contributed by atoms with E-state index in [1.807, 2.05) is 36.4 Å². The van der Waals surface area contributed by atoms with Crippen LogP contribution in [0.25, 0.3) is 6.08 Å². The maximum absolute atomic E-state index is 12.2. The lowest BCUT2D eigenvalue weighted by Crippen LogP contribution is -2.39. The average molecular weight is 307 g/mol. The van der Waals surface area contributed by atoms with E-state index in [2.05, 4.69) is 0 Å². The number of hydrogen-bond donors (Lipinski definition) is 1. The molecule has 0 spiro atoms. The number of aliphatic hydroxyl groups is 1. The van der Waals surface area contributed by atoms with Crippen LogP contribution in [-0.2, 0) is 4.79 Å². The molecule has 5 heteroatoms. The van der Waals surface area contributed by atoms with Crippen molar-refractivity contribution in [2.45, 2.75) is 13.0 Å². The summed E-state index contributed by atoms with van der Waals surface area (Å²) < 4.78 is 0.612. The van der Waals surface area contributed by atoms with Crippen LogP contribution in [0.15, 0.2) is 36.4 Å². The van der Waals surface area contributed by atoms with Crippen molar-refractivity contribution in [2.24, 2.45) is 5.92 Å². The Kier molecular flexibility index (Phi) is 5.34. The van der Waals surface area contributed by atoms with Gasteiger partial charge in [0.15, 0.2) is 0 Å². The minimum Gasteiger partial charge on any atom is -0.388 e. The molecule has 1 heterocycles. The van der Waals surface area contributed by atoms with Crippen LogP contribution < -0.4 is 0 Å². The minimum absolute atomic E-state index is 0.106. The highest BCUT2D eigenvalue weighted by atomic mass is 32.2. The molecule has 20 heavy (non-hydrogen) atoms. The maximum Gasteiger partial charge on any atom is 0.233 e. The van der Waals surface area contributed by atoms with E-state index in [1.165, 1.54) is 11.8 Å². The third kappa shape index (κ3) is 3.69. The topological polar surface area (TPSA) is 40.5 Å². The van der Waals surface area contributed by atoms with Gasteiger partial charge in [-0.15, -0.1) is 0 Å². The first-order valence-corrected chi connectivity index (χ1v) is 7.88. The van der Waals surface area contributed by atoms with Gasteiger partial charge in [-0.25, -0.2) is 0 Å². The van der Waals surface area contributed by atoms with E-state index < -0.39 is 12.0 Å². The number of carbonyl (C=O) groups excluding carboxylic acids is 1. The van der Waals surface area contributed by atoms with Crippen LogP contribution in [0.1, 0.15) is 12.5 Å². The molecular formula is C15H17NO2S2. The Morgan fingerprint density at radius 2 is 2.15 bits per heavy atom. The predicted molar refractivity (Wildman–Crippen MR) is 87.4 cm³/mol. The first kappa shape index (κ1) is 15.2. The van der Waals surface area contributed by atoms with Gasteiger partial charge >= 0.3 is 0 Å². The largest absolute Gasteiger partial charge is 0.388 e. The number of amides is 1. The van der Waals surface area contributed by atoms with E-state index in [9.17, 15) is 9.90 Å². The van der Waals surface area contributed by atoms with Crippen molar-refractivity contribution in [3.05, 3.63) is 42.0 Å². The fraction of sp³-hybridized carbons (Fsp3) is 0.333. The fourth-order valence-corrected chi connectivity index (χ4v) is 3.14. The zero-order valence-electron chi connectivity index (χ0n) is 11.2. The second kappa shape index (κ2) is 7.02. The van der Waals surface area contributed by atoms with Gasteiger partial charge in [0.2, 0.25) is 5.91 Å². The Morgan fingerprint density at radius 3 is 2.75 bits per heavy atom. The molecule has 0 aliphatic carbocycles. The van der Waals surface area contributed by atoms with Gasteiger partial charge in [0.1, 0.15) is 4.32 Å². The molecule has 2 atom stereocenters. The van der Waals surface area contributed by atoms with Crippen LogP contribution in [0, 0.1) is 5.92 Å². The van der Waals surface area contributed by atoms with Gasteiger partial charge in [-0.1, -0.05) is 73.4 Å². The minimum atomic E-state index is -0.809. The summed E-state index contributed by atoms with van der Waals surface area (Å²) in [6, 6.07) is 9.69. The van der Waals surface area contributed by atoms with E-state index in [0.29, 0.717) is 10.9 Å². The second-order valence-corrected chi connectivity index (χ2v) is 6.38. The fourth-order valence-electron chi connectivity index (χ4n) is 1.93. The van der Waals surface area contributed by atoms with E-state index in [-0.39, 0.29) is 5.91 Å². The van der Waals surface area contributed by atoms with Crippen molar-refractivity contribution >= 4 is 40.3 Å². The summed E-state index contributed by atoms with van der Waals surface area (Å²) in [7, 11) is 0. The molecule has 1 aromatic carbocycles. The molecule has 0 bridgehead atoms. The zero-order chi connectivity index (χ0) is 14.5.